The van der Waals surface area contributed by atoms with E-state index in [9.17, 15) is 4.39 Å². The number of halogens is 2. The Hall–Kier alpha value is -1.36. The van der Waals surface area contributed by atoms with E-state index in [-0.39, 0.29) is 11.7 Å². The van der Waals surface area contributed by atoms with Gasteiger partial charge in [0.2, 0.25) is 0 Å². The molecule has 0 atom stereocenters. The Morgan fingerprint density at radius 3 is 2.71 bits per heavy atom. The Kier molecular flexibility index (Phi) is 3.19. The minimum atomic E-state index is -0.363. The second kappa shape index (κ2) is 4.49. The number of benzene rings is 1. The third kappa shape index (κ3) is 2.20. The summed E-state index contributed by atoms with van der Waals surface area (Å²) in [7, 11) is 0. The zero-order valence-corrected chi connectivity index (χ0v) is 11.1. The molecule has 0 radical (unpaired) electrons. The summed E-state index contributed by atoms with van der Waals surface area (Å²) in [5.74, 6) is 0.483. The zero-order chi connectivity index (χ0) is 12.6. The van der Waals surface area contributed by atoms with Crippen LogP contribution in [-0.4, -0.2) is 5.16 Å². The van der Waals surface area contributed by atoms with E-state index >= 15 is 0 Å². The van der Waals surface area contributed by atoms with Crippen molar-refractivity contribution in [2.45, 2.75) is 19.8 Å². The lowest BCUT2D eigenvalue weighted by Gasteiger charge is -2.06. The lowest BCUT2D eigenvalue weighted by molar-refractivity contribution is 0.432. The van der Waals surface area contributed by atoms with Gasteiger partial charge in [-0.25, -0.2) is 4.39 Å². The molecule has 0 amide bonds. The van der Waals surface area contributed by atoms with Gasteiger partial charge in [-0.15, -0.1) is 0 Å². The van der Waals surface area contributed by atoms with Gasteiger partial charge >= 0.3 is 0 Å². The molecule has 0 saturated heterocycles. The Morgan fingerprint density at radius 2 is 2.12 bits per heavy atom. The smallest absolute Gasteiger partial charge is 0.175 e. The van der Waals surface area contributed by atoms with Gasteiger partial charge in [0.05, 0.1) is 5.56 Å². The van der Waals surface area contributed by atoms with Gasteiger partial charge in [0.15, 0.2) is 11.6 Å². The van der Waals surface area contributed by atoms with E-state index in [0.717, 1.165) is 5.56 Å². The molecule has 0 fully saturated rings. The van der Waals surface area contributed by atoms with Crippen molar-refractivity contribution in [2.24, 2.45) is 0 Å². The van der Waals surface area contributed by atoms with Crippen LogP contribution in [0.15, 0.2) is 27.2 Å². The van der Waals surface area contributed by atoms with Crippen molar-refractivity contribution in [2.75, 3.05) is 5.73 Å². The molecule has 0 aliphatic rings. The molecule has 0 aliphatic carbocycles. The van der Waals surface area contributed by atoms with E-state index in [0.29, 0.717) is 21.6 Å². The van der Waals surface area contributed by atoms with Crippen LogP contribution < -0.4 is 5.73 Å². The maximum Gasteiger partial charge on any atom is 0.175 e. The first-order chi connectivity index (χ1) is 8.00. The van der Waals surface area contributed by atoms with Crippen molar-refractivity contribution in [1.29, 1.82) is 0 Å². The number of nitrogens with zero attached hydrogens (tertiary/aromatic N) is 1. The average Bonchev–Trinajstić information content (AvgIpc) is 2.60. The van der Waals surface area contributed by atoms with Gasteiger partial charge in [-0.1, -0.05) is 34.9 Å². The van der Waals surface area contributed by atoms with Crippen molar-refractivity contribution < 1.29 is 8.91 Å². The second-order valence-corrected chi connectivity index (χ2v) is 5.01. The highest BCUT2D eigenvalue weighted by Crippen LogP contribution is 2.35. The van der Waals surface area contributed by atoms with Gasteiger partial charge in [-0.05, 0) is 24.1 Å². The summed E-state index contributed by atoms with van der Waals surface area (Å²) < 4.78 is 19.6. The fraction of sp³-hybridized carbons (Fsp3) is 0.250. The molecule has 0 spiro atoms. The van der Waals surface area contributed by atoms with Crippen molar-refractivity contribution >= 4 is 21.7 Å². The summed E-state index contributed by atoms with van der Waals surface area (Å²) in [6.07, 6.45) is 0. The van der Waals surface area contributed by atoms with Crippen molar-refractivity contribution in [3.8, 4) is 11.3 Å². The van der Waals surface area contributed by atoms with Crippen LogP contribution >= 0.6 is 15.9 Å². The van der Waals surface area contributed by atoms with E-state index in [2.05, 4.69) is 21.1 Å². The minimum absolute atomic E-state index is 0.124. The number of hydrogen-bond acceptors (Lipinski definition) is 3. The van der Waals surface area contributed by atoms with Crippen molar-refractivity contribution in [3.63, 3.8) is 0 Å². The van der Waals surface area contributed by atoms with Crippen LogP contribution in [0.25, 0.3) is 11.3 Å². The van der Waals surface area contributed by atoms with E-state index in [1.807, 2.05) is 13.8 Å². The molecule has 1 heterocycles. The van der Waals surface area contributed by atoms with Crippen molar-refractivity contribution in [3.05, 3.63) is 34.1 Å². The number of aromatic nitrogens is 1. The van der Waals surface area contributed by atoms with Crippen LogP contribution in [0.2, 0.25) is 0 Å². The average molecular weight is 299 g/mol. The molecule has 2 N–H and O–H groups in total. The summed E-state index contributed by atoms with van der Waals surface area (Å²) in [5.41, 5.74) is 6.84. The van der Waals surface area contributed by atoms with Gasteiger partial charge in [-0.2, -0.15) is 0 Å². The quantitative estimate of drug-likeness (QED) is 0.913. The molecule has 0 aliphatic heterocycles. The van der Waals surface area contributed by atoms with Crippen LogP contribution in [0, 0.1) is 5.82 Å². The number of nitrogen functional groups attached to an aromatic ring is 1. The molecular weight excluding hydrogens is 287 g/mol. The van der Waals surface area contributed by atoms with Gasteiger partial charge in [0.1, 0.15) is 5.82 Å². The summed E-state index contributed by atoms with van der Waals surface area (Å²) in [6.45, 7) is 3.92. The largest absolute Gasteiger partial charge is 0.381 e. The highest BCUT2D eigenvalue weighted by molar-refractivity contribution is 9.10. The second-order valence-electron chi connectivity index (χ2n) is 4.09. The number of rotatable bonds is 2. The van der Waals surface area contributed by atoms with E-state index < -0.39 is 0 Å². The van der Waals surface area contributed by atoms with E-state index in [1.165, 1.54) is 6.07 Å². The lowest BCUT2D eigenvalue weighted by atomic mass is 9.99. The predicted molar refractivity (Wildman–Crippen MR) is 68.1 cm³/mol. The van der Waals surface area contributed by atoms with E-state index in [4.69, 9.17) is 10.3 Å². The molecule has 2 aromatic rings. The van der Waals surface area contributed by atoms with Crippen LogP contribution in [0.1, 0.15) is 25.3 Å². The Bertz CT molecular complexity index is 551. The van der Waals surface area contributed by atoms with Gasteiger partial charge in [-0.3, -0.25) is 0 Å². The van der Waals surface area contributed by atoms with Gasteiger partial charge in [0.25, 0.3) is 0 Å². The highest BCUT2D eigenvalue weighted by Gasteiger charge is 2.20. The molecule has 3 nitrogen and oxygen atoms in total. The summed E-state index contributed by atoms with van der Waals surface area (Å²) in [6, 6.07) is 4.78. The molecule has 1 aromatic carbocycles. The number of hydrogen-bond donors (Lipinski definition) is 1. The molecule has 0 unspecified atom stereocenters. The van der Waals surface area contributed by atoms with Crippen LogP contribution in [0.4, 0.5) is 10.2 Å². The molecule has 1 aromatic heterocycles. The third-order valence-electron chi connectivity index (χ3n) is 2.51. The molecule has 5 heteroatoms. The summed E-state index contributed by atoms with van der Waals surface area (Å²) in [5, 5.41) is 3.70. The van der Waals surface area contributed by atoms with E-state index in [1.54, 1.807) is 12.1 Å². The Morgan fingerprint density at radius 1 is 1.41 bits per heavy atom. The fourth-order valence-corrected chi connectivity index (χ4v) is 2.07. The summed E-state index contributed by atoms with van der Waals surface area (Å²) >= 11 is 3.21. The van der Waals surface area contributed by atoms with Crippen LogP contribution in [0.3, 0.4) is 0 Å². The van der Waals surface area contributed by atoms with Gasteiger partial charge in [0, 0.05) is 10.0 Å². The monoisotopic (exact) mass is 298 g/mol. The number of anilines is 1. The molecule has 0 bridgehead atoms. The topological polar surface area (TPSA) is 52.0 Å². The normalized spacial score (nSPS) is 11.1. The zero-order valence-electron chi connectivity index (χ0n) is 9.50. The Balaban J connectivity index is 2.61. The minimum Gasteiger partial charge on any atom is -0.381 e. The lowest BCUT2D eigenvalue weighted by Crippen LogP contribution is -1.96. The highest BCUT2D eigenvalue weighted by atomic mass is 79.9. The summed E-state index contributed by atoms with van der Waals surface area (Å²) in [4.78, 5) is 0. The standard InChI is InChI=1S/C12H12BrFN2O/c1-6(2)10-11(17-16-12(10)15)8-4-3-7(13)5-9(8)14/h3-6H,1-2H3,(H2,15,16). The van der Waals surface area contributed by atoms with Crippen LogP contribution in [0.5, 0.6) is 0 Å². The SMILES string of the molecule is CC(C)c1c(N)noc1-c1ccc(Br)cc1F. The predicted octanol–water partition coefficient (Wildman–Crippen LogP) is 3.95. The van der Waals surface area contributed by atoms with Gasteiger partial charge < -0.3 is 10.3 Å². The molecule has 2 rings (SSSR count). The van der Waals surface area contributed by atoms with Crippen LogP contribution in [-0.2, 0) is 0 Å². The fourth-order valence-electron chi connectivity index (χ4n) is 1.74. The third-order valence-corrected chi connectivity index (χ3v) is 3.00. The molecule has 17 heavy (non-hydrogen) atoms. The molecule has 90 valence electrons. The molecular formula is C12H12BrFN2O. The Labute approximate surface area is 107 Å². The maximum atomic E-state index is 13.8. The van der Waals surface area contributed by atoms with Crippen molar-refractivity contribution in [1.82, 2.24) is 5.16 Å². The first-order valence-electron chi connectivity index (χ1n) is 5.21. The number of nitrogens with two attached hydrogens (primary N) is 1. The first kappa shape index (κ1) is 12.1. The maximum absolute atomic E-state index is 13.8. The first-order valence-corrected chi connectivity index (χ1v) is 6.00. The molecule has 0 saturated carbocycles.